The van der Waals surface area contributed by atoms with Crippen molar-refractivity contribution in [3.8, 4) is 23.0 Å². The number of benzene rings is 4. The molecule has 7 nitrogen and oxygen atoms in total. The molecule has 0 spiro atoms. The lowest BCUT2D eigenvalue weighted by Gasteiger charge is -2.20. The van der Waals surface area contributed by atoms with Gasteiger partial charge < -0.3 is 24.3 Å². The molecule has 0 bridgehead atoms. The molecule has 0 aliphatic rings. The highest BCUT2D eigenvalue weighted by Crippen LogP contribution is 2.39. The summed E-state index contributed by atoms with van der Waals surface area (Å²) in [7, 11) is 3.08. The van der Waals surface area contributed by atoms with Gasteiger partial charge in [-0.2, -0.15) is 0 Å². The zero-order valence-electron chi connectivity index (χ0n) is 23.2. The number of Topliss-reactive ketones (excluding diaryl/α,β-unsaturated/α-hetero) is 2. The van der Waals surface area contributed by atoms with Crippen molar-refractivity contribution in [1.29, 1.82) is 0 Å². The highest BCUT2D eigenvalue weighted by molar-refractivity contribution is 5.96. The highest BCUT2D eigenvalue weighted by Gasteiger charge is 2.19. The molecule has 206 valence electrons. The molecule has 0 radical (unpaired) electrons. The number of carbonyl (C=O) groups excluding carboxylic acids is 2. The van der Waals surface area contributed by atoms with Crippen molar-refractivity contribution in [2.45, 2.75) is 33.6 Å². The summed E-state index contributed by atoms with van der Waals surface area (Å²) in [4.78, 5) is 24.6. The second-order valence-corrected chi connectivity index (χ2v) is 9.24. The lowest BCUT2D eigenvalue weighted by Crippen LogP contribution is -2.10. The molecule has 0 saturated carbocycles. The number of methoxy groups -OCH3 is 2. The fourth-order valence-corrected chi connectivity index (χ4v) is 4.20. The van der Waals surface area contributed by atoms with Gasteiger partial charge in [0, 0.05) is 23.2 Å². The van der Waals surface area contributed by atoms with Gasteiger partial charge in [-0.15, -0.1) is 0 Å². The average molecular weight is 540 g/mol. The summed E-state index contributed by atoms with van der Waals surface area (Å²) < 4.78 is 23.7. The molecule has 1 N–H and O–H groups in total. The first-order valence-electron chi connectivity index (χ1n) is 12.9. The third kappa shape index (κ3) is 6.99. The van der Waals surface area contributed by atoms with Gasteiger partial charge in [0.25, 0.3) is 0 Å². The van der Waals surface area contributed by atoms with E-state index in [0.29, 0.717) is 58.6 Å². The smallest absolute Gasteiger partial charge is 0.184 e. The lowest BCUT2D eigenvalue weighted by molar-refractivity contribution is 0.100. The monoisotopic (exact) mass is 539 g/mol. The van der Waals surface area contributed by atoms with E-state index in [1.807, 2.05) is 60.7 Å². The fourth-order valence-electron chi connectivity index (χ4n) is 4.20. The predicted molar refractivity (Wildman–Crippen MR) is 155 cm³/mol. The summed E-state index contributed by atoms with van der Waals surface area (Å²) in [6.07, 6.45) is 0. The van der Waals surface area contributed by atoms with Gasteiger partial charge in [-0.1, -0.05) is 60.7 Å². The Morgan fingerprint density at radius 1 is 0.650 bits per heavy atom. The van der Waals surface area contributed by atoms with E-state index < -0.39 is 0 Å². The highest BCUT2D eigenvalue weighted by atomic mass is 16.5. The van der Waals surface area contributed by atoms with Gasteiger partial charge in [-0.05, 0) is 49.2 Å². The van der Waals surface area contributed by atoms with Crippen LogP contribution >= 0.6 is 0 Å². The van der Waals surface area contributed by atoms with Gasteiger partial charge in [0.2, 0.25) is 0 Å². The van der Waals surface area contributed by atoms with Crippen LogP contribution in [0.3, 0.4) is 0 Å². The van der Waals surface area contributed by atoms with Crippen LogP contribution in [0.25, 0.3) is 0 Å². The van der Waals surface area contributed by atoms with Gasteiger partial charge in [0.1, 0.15) is 13.2 Å². The van der Waals surface area contributed by atoms with Crippen molar-refractivity contribution in [2.75, 3.05) is 19.5 Å². The topological polar surface area (TPSA) is 83.1 Å². The first kappa shape index (κ1) is 28.2. The molecular formula is C33H33NO6. The molecule has 0 fully saturated rings. The van der Waals surface area contributed by atoms with Crippen molar-refractivity contribution >= 4 is 17.3 Å². The van der Waals surface area contributed by atoms with Crippen molar-refractivity contribution in [1.82, 2.24) is 0 Å². The Balaban J connectivity index is 1.69. The van der Waals surface area contributed by atoms with E-state index >= 15 is 0 Å². The number of ketones is 2. The summed E-state index contributed by atoms with van der Waals surface area (Å²) in [6, 6.07) is 26.4. The third-order valence-electron chi connectivity index (χ3n) is 6.36. The molecule has 0 unspecified atom stereocenters. The molecule has 0 aliphatic carbocycles. The number of hydrogen-bond donors (Lipinski definition) is 1. The standard InChI is InChI=1S/C33H33NO6/c1-22(35)26-15-28(32(30(17-26)37-3)39-20-24-11-7-5-8-12-24)19-34-29-16-27(23(2)36)18-31(38-4)33(29)40-21-25-13-9-6-10-14-25/h5-18,34H,19-21H2,1-4H3. The van der Waals surface area contributed by atoms with Crippen molar-refractivity contribution in [3.05, 3.63) is 113 Å². The molecular weight excluding hydrogens is 506 g/mol. The predicted octanol–water partition coefficient (Wildman–Crippen LogP) is 6.88. The molecule has 4 rings (SSSR count). The molecule has 0 aromatic heterocycles. The largest absolute Gasteiger partial charge is 0.493 e. The summed E-state index contributed by atoms with van der Waals surface area (Å²) in [5, 5.41) is 3.39. The molecule has 0 aliphatic heterocycles. The number of ether oxygens (including phenoxy) is 4. The molecule has 4 aromatic carbocycles. The Labute approximate surface area is 234 Å². The molecule has 0 amide bonds. The van der Waals surface area contributed by atoms with Gasteiger partial charge in [-0.25, -0.2) is 0 Å². The van der Waals surface area contributed by atoms with Crippen LogP contribution in [-0.4, -0.2) is 25.8 Å². The van der Waals surface area contributed by atoms with Crippen LogP contribution in [0.15, 0.2) is 84.9 Å². The zero-order valence-corrected chi connectivity index (χ0v) is 23.2. The quantitative estimate of drug-likeness (QED) is 0.185. The van der Waals surface area contributed by atoms with Gasteiger partial charge >= 0.3 is 0 Å². The summed E-state index contributed by atoms with van der Waals surface area (Å²) in [5.74, 6) is 1.67. The molecule has 4 aromatic rings. The molecule has 0 atom stereocenters. The van der Waals surface area contributed by atoms with E-state index in [1.165, 1.54) is 21.0 Å². The van der Waals surface area contributed by atoms with Crippen LogP contribution in [0, 0.1) is 0 Å². The first-order chi connectivity index (χ1) is 19.4. The van der Waals surface area contributed by atoms with Crippen LogP contribution in [-0.2, 0) is 19.8 Å². The maximum Gasteiger partial charge on any atom is 0.184 e. The summed E-state index contributed by atoms with van der Waals surface area (Å²) in [6.45, 7) is 3.90. The first-order valence-corrected chi connectivity index (χ1v) is 12.9. The van der Waals surface area contributed by atoms with Gasteiger partial charge in [0.15, 0.2) is 34.6 Å². The Morgan fingerprint density at radius 3 is 1.62 bits per heavy atom. The lowest BCUT2D eigenvalue weighted by atomic mass is 10.0. The van der Waals surface area contributed by atoms with Gasteiger partial charge in [-0.3, -0.25) is 9.59 Å². The number of anilines is 1. The normalized spacial score (nSPS) is 10.5. The fraction of sp³-hybridized carbons (Fsp3) is 0.212. The second kappa shape index (κ2) is 13.3. The van der Waals surface area contributed by atoms with Gasteiger partial charge in [0.05, 0.1) is 19.9 Å². The average Bonchev–Trinajstić information content (AvgIpc) is 2.98. The van der Waals surface area contributed by atoms with E-state index in [9.17, 15) is 9.59 Å². The SMILES string of the molecule is COc1cc(C(C)=O)cc(CNc2cc(C(C)=O)cc(OC)c2OCc2ccccc2)c1OCc1ccccc1. The number of hydrogen-bond acceptors (Lipinski definition) is 7. The number of nitrogens with one attached hydrogen (secondary N) is 1. The van der Waals surface area contributed by atoms with Crippen LogP contribution in [0.4, 0.5) is 5.69 Å². The second-order valence-electron chi connectivity index (χ2n) is 9.24. The minimum atomic E-state index is -0.108. The number of rotatable bonds is 13. The van der Waals surface area contributed by atoms with E-state index in [-0.39, 0.29) is 18.1 Å². The van der Waals surface area contributed by atoms with Crippen LogP contribution in [0.1, 0.15) is 51.3 Å². The third-order valence-corrected chi connectivity index (χ3v) is 6.36. The molecule has 0 saturated heterocycles. The number of carbonyl (C=O) groups is 2. The minimum absolute atomic E-state index is 0.0960. The van der Waals surface area contributed by atoms with Crippen LogP contribution < -0.4 is 24.3 Å². The Kier molecular flexibility index (Phi) is 9.41. The summed E-state index contributed by atoms with van der Waals surface area (Å²) >= 11 is 0. The van der Waals surface area contributed by atoms with E-state index in [4.69, 9.17) is 18.9 Å². The summed E-state index contributed by atoms with van der Waals surface area (Å²) in [5.41, 5.74) is 4.23. The Hall–Kier alpha value is -4.78. The Bertz CT molecular complexity index is 1350. The maximum atomic E-state index is 12.3. The van der Waals surface area contributed by atoms with Crippen molar-refractivity contribution in [3.63, 3.8) is 0 Å². The maximum absolute atomic E-state index is 12.3. The van der Waals surface area contributed by atoms with E-state index in [0.717, 1.165) is 11.1 Å². The Morgan fingerprint density at radius 2 is 1.12 bits per heavy atom. The van der Waals surface area contributed by atoms with E-state index in [1.54, 1.807) is 31.4 Å². The zero-order chi connectivity index (χ0) is 28.5. The van der Waals surface area contributed by atoms with Crippen molar-refractivity contribution in [2.24, 2.45) is 0 Å². The molecule has 40 heavy (non-hydrogen) atoms. The van der Waals surface area contributed by atoms with Crippen LogP contribution in [0.2, 0.25) is 0 Å². The van der Waals surface area contributed by atoms with Crippen LogP contribution in [0.5, 0.6) is 23.0 Å². The van der Waals surface area contributed by atoms with Crippen molar-refractivity contribution < 1.29 is 28.5 Å². The van der Waals surface area contributed by atoms with E-state index in [2.05, 4.69) is 5.32 Å². The minimum Gasteiger partial charge on any atom is -0.493 e. The molecule has 0 heterocycles. The molecule has 7 heteroatoms.